The number of alkyl halides is 3. The summed E-state index contributed by atoms with van der Waals surface area (Å²) in [4.78, 5) is 3.53. The molecule has 29 heavy (non-hydrogen) atoms. The van der Waals surface area contributed by atoms with Crippen LogP contribution in [-0.4, -0.2) is 10.1 Å². The zero-order valence-electron chi connectivity index (χ0n) is 15.2. The number of hydrogen-bond acceptors (Lipinski definition) is 2. The number of aromatic hydroxyl groups is 1. The minimum Gasteiger partial charge on any atom is -0.507 e. The fraction of sp³-hybridized carbons (Fsp3) is 0.0417. The van der Waals surface area contributed by atoms with Gasteiger partial charge in [0.25, 0.3) is 0 Å². The Kier molecular flexibility index (Phi) is 4.80. The van der Waals surface area contributed by atoms with Crippen LogP contribution in [0.25, 0.3) is 33.4 Å². The monoisotopic (exact) mass is 391 g/mol. The first kappa shape index (κ1) is 18.7. The van der Waals surface area contributed by atoms with Crippen LogP contribution in [0, 0.1) is 0 Å². The molecule has 0 aliphatic heterocycles. The van der Waals surface area contributed by atoms with Gasteiger partial charge in [0, 0.05) is 17.3 Å². The Morgan fingerprint density at radius 3 is 1.86 bits per heavy atom. The molecule has 1 aromatic heterocycles. The third-order valence-corrected chi connectivity index (χ3v) is 4.68. The van der Waals surface area contributed by atoms with E-state index in [1.54, 1.807) is 12.1 Å². The first-order valence-electron chi connectivity index (χ1n) is 8.94. The summed E-state index contributed by atoms with van der Waals surface area (Å²) in [6.45, 7) is 0. The SMILES string of the molecule is Oc1ccccc1-c1ccc(-c2cccc(-c3ccc(C(F)(F)F)nc3)c2)cc1. The minimum absolute atomic E-state index is 0.219. The van der Waals surface area contributed by atoms with E-state index in [0.29, 0.717) is 5.56 Å². The number of hydrogen-bond donors (Lipinski definition) is 1. The molecular formula is C24H16F3NO. The Hall–Kier alpha value is -3.60. The van der Waals surface area contributed by atoms with Crippen molar-refractivity contribution in [1.29, 1.82) is 0 Å². The highest BCUT2D eigenvalue weighted by molar-refractivity contribution is 5.76. The molecule has 0 fully saturated rings. The van der Waals surface area contributed by atoms with E-state index in [1.165, 1.54) is 12.3 Å². The Labute approximate surface area is 165 Å². The van der Waals surface area contributed by atoms with E-state index in [-0.39, 0.29) is 5.75 Å². The number of para-hydroxylation sites is 1. The molecule has 2 nitrogen and oxygen atoms in total. The molecule has 0 atom stereocenters. The maximum Gasteiger partial charge on any atom is 0.433 e. The minimum atomic E-state index is -4.45. The highest BCUT2D eigenvalue weighted by Crippen LogP contribution is 2.32. The lowest BCUT2D eigenvalue weighted by molar-refractivity contribution is -0.141. The molecule has 4 aromatic rings. The fourth-order valence-electron chi connectivity index (χ4n) is 3.17. The molecule has 0 spiro atoms. The Bertz CT molecular complexity index is 1130. The van der Waals surface area contributed by atoms with Crippen molar-refractivity contribution in [3.8, 4) is 39.1 Å². The summed E-state index contributed by atoms with van der Waals surface area (Å²) in [6.07, 6.45) is -3.21. The first-order chi connectivity index (χ1) is 13.9. The number of rotatable bonds is 3. The third kappa shape index (κ3) is 3.99. The predicted octanol–water partition coefficient (Wildman–Crippen LogP) is 6.81. The van der Waals surface area contributed by atoms with E-state index in [2.05, 4.69) is 4.98 Å². The molecular weight excluding hydrogens is 375 g/mol. The van der Waals surface area contributed by atoms with Crippen LogP contribution in [-0.2, 0) is 6.18 Å². The lowest BCUT2D eigenvalue weighted by Crippen LogP contribution is -2.07. The average Bonchev–Trinajstić information content (AvgIpc) is 2.74. The highest BCUT2D eigenvalue weighted by Gasteiger charge is 2.32. The fourth-order valence-corrected chi connectivity index (χ4v) is 3.17. The molecule has 0 radical (unpaired) electrons. The zero-order valence-corrected chi connectivity index (χ0v) is 15.2. The van der Waals surface area contributed by atoms with Crippen LogP contribution < -0.4 is 0 Å². The van der Waals surface area contributed by atoms with Crippen LogP contribution in [0.4, 0.5) is 13.2 Å². The lowest BCUT2D eigenvalue weighted by Gasteiger charge is -2.09. The molecule has 0 bridgehead atoms. The maximum absolute atomic E-state index is 12.7. The molecule has 1 N–H and O–H groups in total. The number of pyridine rings is 1. The summed E-state index contributed by atoms with van der Waals surface area (Å²) in [5.41, 5.74) is 4.05. The van der Waals surface area contributed by atoms with Crippen LogP contribution in [0.1, 0.15) is 5.69 Å². The number of phenolic OH excluding ortho intramolecular Hbond substituents is 1. The van der Waals surface area contributed by atoms with Gasteiger partial charge in [-0.25, -0.2) is 0 Å². The van der Waals surface area contributed by atoms with Crippen LogP contribution in [0.5, 0.6) is 5.75 Å². The second kappa shape index (κ2) is 7.43. The molecule has 0 saturated carbocycles. The molecule has 144 valence electrons. The second-order valence-electron chi connectivity index (χ2n) is 6.61. The quantitative estimate of drug-likeness (QED) is 0.416. The van der Waals surface area contributed by atoms with Crippen molar-refractivity contribution in [2.75, 3.05) is 0 Å². The van der Waals surface area contributed by atoms with Crippen molar-refractivity contribution in [2.24, 2.45) is 0 Å². The van der Waals surface area contributed by atoms with Gasteiger partial charge < -0.3 is 5.11 Å². The predicted molar refractivity (Wildman–Crippen MR) is 107 cm³/mol. The van der Waals surface area contributed by atoms with Gasteiger partial charge in [-0.3, -0.25) is 4.98 Å². The standard InChI is InChI=1S/C24H16F3NO/c25-24(26,27)23-13-12-20(15-28-23)19-5-3-4-18(14-19)16-8-10-17(11-9-16)21-6-1-2-7-22(21)29/h1-15,29H. The molecule has 0 unspecified atom stereocenters. The smallest absolute Gasteiger partial charge is 0.433 e. The van der Waals surface area contributed by atoms with Crippen molar-refractivity contribution >= 4 is 0 Å². The largest absolute Gasteiger partial charge is 0.507 e. The molecule has 4 rings (SSSR count). The van der Waals surface area contributed by atoms with Crippen molar-refractivity contribution in [3.05, 3.63) is 96.8 Å². The lowest BCUT2D eigenvalue weighted by atomic mass is 9.97. The van der Waals surface area contributed by atoms with E-state index in [0.717, 1.165) is 33.9 Å². The van der Waals surface area contributed by atoms with Gasteiger partial charge in [-0.05, 0) is 40.5 Å². The molecule has 5 heteroatoms. The normalized spacial score (nSPS) is 11.4. The van der Waals surface area contributed by atoms with Crippen molar-refractivity contribution in [1.82, 2.24) is 4.98 Å². The Morgan fingerprint density at radius 2 is 1.24 bits per heavy atom. The summed E-state index contributed by atoms with van der Waals surface area (Å²) >= 11 is 0. The van der Waals surface area contributed by atoms with Crippen molar-refractivity contribution in [2.45, 2.75) is 6.18 Å². The summed E-state index contributed by atoms with van der Waals surface area (Å²) in [5.74, 6) is 0.219. The Balaban J connectivity index is 1.63. The van der Waals surface area contributed by atoms with Crippen molar-refractivity contribution in [3.63, 3.8) is 0 Å². The van der Waals surface area contributed by atoms with Crippen LogP contribution in [0.2, 0.25) is 0 Å². The summed E-state index contributed by atoms with van der Waals surface area (Å²) in [5, 5.41) is 10.0. The van der Waals surface area contributed by atoms with Gasteiger partial charge in [0.05, 0.1) is 0 Å². The molecule has 0 aliphatic carbocycles. The number of aromatic nitrogens is 1. The van der Waals surface area contributed by atoms with Gasteiger partial charge in [-0.15, -0.1) is 0 Å². The molecule has 1 heterocycles. The average molecular weight is 391 g/mol. The molecule has 0 amide bonds. The van der Waals surface area contributed by atoms with Crippen LogP contribution in [0.15, 0.2) is 91.1 Å². The van der Waals surface area contributed by atoms with Gasteiger partial charge in [-0.2, -0.15) is 13.2 Å². The number of halogens is 3. The number of phenols is 1. The number of benzene rings is 3. The van der Waals surface area contributed by atoms with Gasteiger partial charge in [-0.1, -0.05) is 66.7 Å². The zero-order chi connectivity index (χ0) is 20.4. The summed E-state index contributed by atoms with van der Waals surface area (Å²) < 4.78 is 38.1. The number of nitrogens with zero attached hydrogens (tertiary/aromatic N) is 1. The van der Waals surface area contributed by atoms with Gasteiger partial charge in [0.1, 0.15) is 11.4 Å². The van der Waals surface area contributed by atoms with E-state index in [9.17, 15) is 18.3 Å². The summed E-state index contributed by atoms with van der Waals surface area (Å²) in [7, 11) is 0. The Morgan fingerprint density at radius 1 is 0.621 bits per heavy atom. The van der Waals surface area contributed by atoms with Crippen molar-refractivity contribution < 1.29 is 18.3 Å². The van der Waals surface area contributed by atoms with Crippen LogP contribution >= 0.6 is 0 Å². The molecule has 0 aliphatic rings. The second-order valence-corrected chi connectivity index (χ2v) is 6.61. The van der Waals surface area contributed by atoms with E-state index in [1.807, 2.05) is 60.7 Å². The topological polar surface area (TPSA) is 33.1 Å². The van der Waals surface area contributed by atoms with E-state index >= 15 is 0 Å². The molecule has 3 aromatic carbocycles. The maximum atomic E-state index is 12.7. The molecule has 0 saturated heterocycles. The van der Waals surface area contributed by atoms with Gasteiger partial charge >= 0.3 is 6.18 Å². The van der Waals surface area contributed by atoms with E-state index in [4.69, 9.17) is 0 Å². The van der Waals surface area contributed by atoms with E-state index < -0.39 is 11.9 Å². The van der Waals surface area contributed by atoms with Crippen LogP contribution in [0.3, 0.4) is 0 Å². The van der Waals surface area contributed by atoms with Gasteiger partial charge in [0.2, 0.25) is 0 Å². The van der Waals surface area contributed by atoms with Gasteiger partial charge in [0.15, 0.2) is 0 Å². The summed E-state index contributed by atoms with van der Waals surface area (Å²) in [6, 6.07) is 24.9. The highest BCUT2D eigenvalue weighted by atomic mass is 19.4. The third-order valence-electron chi connectivity index (χ3n) is 4.68. The first-order valence-corrected chi connectivity index (χ1v) is 8.94.